The van der Waals surface area contributed by atoms with Crippen molar-refractivity contribution in [3.63, 3.8) is 0 Å². The predicted octanol–water partition coefficient (Wildman–Crippen LogP) is 1.87. The molecule has 0 aromatic heterocycles. The minimum Gasteiger partial charge on any atom is -0.504 e. The monoisotopic (exact) mass is 359 g/mol. The number of carbonyl (C=O) groups excluding carboxylic acids is 1. The average molecular weight is 359 g/mol. The number of ether oxygens (including phenoxy) is 2. The standard InChI is InChI=1S/C20H25NO5/c1-12(22)9-17(24)25-14-5-6-20-7-8-21(2)11-13-3-4-15(23)19(18(13)20)26-16(20)10-14/h3-6,12,14,16,22-23H,7-11H2,1-2H3/t12-,14+,16+,20+/m1/s1. The van der Waals surface area contributed by atoms with Gasteiger partial charge in [0.2, 0.25) is 0 Å². The van der Waals surface area contributed by atoms with Crippen molar-refractivity contribution < 1.29 is 24.5 Å². The van der Waals surface area contributed by atoms with Crippen LogP contribution in [0.1, 0.15) is 37.3 Å². The molecule has 0 saturated carbocycles. The molecule has 0 radical (unpaired) electrons. The number of carbonyl (C=O) groups is 1. The number of aliphatic hydroxyl groups excluding tert-OH is 1. The van der Waals surface area contributed by atoms with E-state index in [9.17, 15) is 15.0 Å². The number of hydrogen-bond donors (Lipinski definition) is 2. The second-order valence-corrected chi connectivity index (χ2v) is 7.76. The SMILES string of the molecule is C[C@@H](O)CC(=O)O[C@H]1C=C[C@@]23CCN(C)Cc4ccc(O)c(c42)O[C@H]3C1. The molecule has 0 bridgehead atoms. The van der Waals surface area contributed by atoms with Gasteiger partial charge < -0.3 is 24.6 Å². The third kappa shape index (κ3) is 2.77. The summed E-state index contributed by atoms with van der Waals surface area (Å²) in [5.41, 5.74) is 1.97. The quantitative estimate of drug-likeness (QED) is 0.634. The van der Waals surface area contributed by atoms with Crippen LogP contribution in [0.5, 0.6) is 11.5 Å². The lowest BCUT2D eigenvalue weighted by atomic mass is 9.69. The molecule has 0 saturated heterocycles. The van der Waals surface area contributed by atoms with E-state index in [0.717, 1.165) is 25.1 Å². The smallest absolute Gasteiger partial charge is 0.308 e. The first-order valence-corrected chi connectivity index (χ1v) is 9.16. The largest absolute Gasteiger partial charge is 0.504 e. The van der Waals surface area contributed by atoms with Crippen LogP contribution in [0, 0.1) is 0 Å². The molecule has 6 heteroatoms. The lowest BCUT2D eigenvalue weighted by molar-refractivity contribution is -0.150. The highest BCUT2D eigenvalue weighted by Gasteiger charge is 2.53. The summed E-state index contributed by atoms with van der Waals surface area (Å²) in [5, 5.41) is 19.7. The van der Waals surface area contributed by atoms with Gasteiger partial charge in [-0.1, -0.05) is 12.1 Å². The Bertz CT molecular complexity index is 759. The Morgan fingerprint density at radius 2 is 2.31 bits per heavy atom. The average Bonchev–Trinajstić information content (AvgIpc) is 2.83. The van der Waals surface area contributed by atoms with Crippen LogP contribution in [0.4, 0.5) is 0 Å². The predicted molar refractivity (Wildman–Crippen MR) is 95.1 cm³/mol. The Kier molecular flexibility index (Phi) is 4.20. The van der Waals surface area contributed by atoms with E-state index in [1.54, 1.807) is 13.0 Å². The first-order chi connectivity index (χ1) is 12.4. The topological polar surface area (TPSA) is 79.2 Å². The van der Waals surface area contributed by atoms with Gasteiger partial charge in [0.25, 0.3) is 0 Å². The molecule has 26 heavy (non-hydrogen) atoms. The van der Waals surface area contributed by atoms with Gasteiger partial charge in [-0.15, -0.1) is 0 Å². The molecular formula is C20H25NO5. The van der Waals surface area contributed by atoms with Crippen molar-refractivity contribution in [2.75, 3.05) is 13.6 Å². The van der Waals surface area contributed by atoms with Crippen molar-refractivity contribution in [1.29, 1.82) is 0 Å². The number of rotatable bonds is 3. The highest BCUT2D eigenvalue weighted by atomic mass is 16.5. The van der Waals surface area contributed by atoms with Gasteiger partial charge in [-0.25, -0.2) is 0 Å². The fourth-order valence-corrected chi connectivity index (χ4v) is 4.46. The minimum absolute atomic E-state index is 0.0169. The second-order valence-electron chi connectivity index (χ2n) is 7.76. The highest BCUT2D eigenvalue weighted by molar-refractivity contribution is 5.70. The molecule has 3 aliphatic rings. The number of aliphatic hydroxyl groups is 1. The first kappa shape index (κ1) is 17.4. The summed E-state index contributed by atoms with van der Waals surface area (Å²) in [6.45, 7) is 3.31. The van der Waals surface area contributed by atoms with Crippen molar-refractivity contribution >= 4 is 5.97 Å². The van der Waals surface area contributed by atoms with E-state index >= 15 is 0 Å². The van der Waals surface area contributed by atoms with Crippen LogP contribution in [-0.4, -0.2) is 53.0 Å². The van der Waals surface area contributed by atoms with E-state index in [2.05, 4.69) is 18.0 Å². The Hall–Kier alpha value is -2.05. The zero-order valence-electron chi connectivity index (χ0n) is 15.1. The van der Waals surface area contributed by atoms with Crippen LogP contribution in [0.3, 0.4) is 0 Å². The maximum atomic E-state index is 11.9. The molecule has 0 unspecified atom stereocenters. The van der Waals surface area contributed by atoms with Gasteiger partial charge in [0.15, 0.2) is 11.5 Å². The van der Waals surface area contributed by atoms with Crippen LogP contribution in [0.25, 0.3) is 0 Å². The Balaban J connectivity index is 1.66. The molecule has 4 rings (SSSR count). The van der Waals surface area contributed by atoms with Gasteiger partial charge in [-0.05, 0) is 44.6 Å². The van der Waals surface area contributed by atoms with E-state index in [4.69, 9.17) is 9.47 Å². The molecule has 2 aliphatic heterocycles. The summed E-state index contributed by atoms with van der Waals surface area (Å²) in [7, 11) is 2.10. The van der Waals surface area contributed by atoms with Crippen molar-refractivity contribution in [3.8, 4) is 11.5 Å². The maximum absolute atomic E-state index is 11.9. The summed E-state index contributed by atoms with van der Waals surface area (Å²) in [5.74, 6) is 0.326. The summed E-state index contributed by atoms with van der Waals surface area (Å²) >= 11 is 0. The molecule has 0 fully saturated rings. The zero-order valence-corrected chi connectivity index (χ0v) is 15.1. The lowest BCUT2D eigenvalue weighted by Crippen LogP contribution is -2.43. The molecule has 2 N–H and O–H groups in total. The number of aromatic hydroxyl groups is 1. The van der Waals surface area contributed by atoms with Gasteiger partial charge in [-0.3, -0.25) is 4.79 Å². The van der Waals surface area contributed by atoms with E-state index in [0.29, 0.717) is 12.2 Å². The lowest BCUT2D eigenvalue weighted by Gasteiger charge is -2.36. The molecule has 140 valence electrons. The summed E-state index contributed by atoms with van der Waals surface area (Å²) in [6.07, 6.45) is 4.19. The van der Waals surface area contributed by atoms with Crippen LogP contribution >= 0.6 is 0 Å². The number of phenols is 1. The molecule has 1 spiro atoms. The Labute approximate surface area is 153 Å². The molecule has 2 heterocycles. The van der Waals surface area contributed by atoms with Crippen LogP contribution in [-0.2, 0) is 21.5 Å². The highest BCUT2D eigenvalue weighted by Crippen LogP contribution is 2.55. The zero-order chi connectivity index (χ0) is 18.5. The van der Waals surface area contributed by atoms with Crippen molar-refractivity contribution in [2.45, 2.75) is 56.5 Å². The van der Waals surface area contributed by atoms with Crippen molar-refractivity contribution in [1.82, 2.24) is 4.90 Å². The first-order valence-electron chi connectivity index (χ1n) is 9.16. The van der Waals surface area contributed by atoms with Gasteiger partial charge in [0.05, 0.1) is 17.9 Å². The fourth-order valence-electron chi connectivity index (χ4n) is 4.46. The molecule has 4 atom stereocenters. The number of nitrogens with zero attached hydrogens (tertiary/aromatic N) is 1. The fraction of sp³-hybridized carbons (Fsp3) is 0.550. The van der Waals surface area contributed by atoms with Gasteiger partial charge in [-0.2, -0.15) is 0 Å². The summed E-state index contributed by atoms with van der Waals surface area (Å²) < 4.78 is 11.7. The third-order valence-corrected chi connectivity index (χ3v) is 5.67. The van der Waals surface area contributed by atoms with E-state index in [1.165, 1.54) is 5.56 Å². The number of phenolic OH excluding ortho intramolecular Hbond substituents is 1. The Morgan fingerprint density at radius 1 is 1.50 bits per heavy atom. The van der Waals surface area contributed by atoms with E-state index in [1.807, 2.05) is 12.1 Å². The third-order valence-electron chi connectivity index (χ3n) is 5.67. The number of hydrogen-bond acceptors (Lipinski definition) is 6. The second kappa shape index (κ2) is 6.28. The molecule has 6 nitrogen and oxygen atoms in total. The molecule has 0 amide bonds. The van der Waals surface area contributed by atoms with Crippen LogP contribution in [0.15, 0.2) is 24.3 Å². The van der Waals surface area contributed by atoms with Crippen molar-refractivity contribution in [2.24, 2.45) is 0 Å². The normalized spacial score (nSPS) is 30.7. The van der Waals surface area contributed by atoms with E-state index < -0.39 is 12.1 Å². The van der Waals surface area contributed by atoms with Gasteiger partial charge >= 0.3 is 5.97 Å². The van der Waals surface area contributed by atoms with Crippen LogP contribution < -0.4 is 4.74 Å². The van der Waals surface area contributed by atoms with Crippen LogP contribution in [0.2, 0.25) is 0 Å². The van der Waals surface area contributed by atoms with Gasteiger partial charge in [0, 0.05) is 18.5 Å². The van der Waals surface area contributed by atoms with Crippen molar-refractivity contribution in [3.05, 3.63) is 35.4 Å². The Morgan fingerprint density at radius 3 is 3.08 bits per heavy atom. The number of benzene rings is 1. The molecule has 1 aromatic carbocycles. The molecule has 1 aliphatic carbocycles. The summed E-state index contributed by atoms with van der Waals surface area (Å²) in [4.78, 5) is 14.2. The summed E-state index contributed by atoms with van der Waals surface area (Å²) in [6, 6.07) is 3.67. The molecular weight excluding hydrogens is 334 g/mol. The van der Waals surface area contributed by atoms with Gasteiger partial charge in [0.1, 0.15) is 12.2 Å². The minimum atomic E-state index is -0.717. The van der Waals surface area contributed by atoms with E-state index in [-0.39, 0.29) is 29.8 Å². The maximum Gasteiger partial charge on any atom is 0.308 e. The number of esters is 1. The molecule has 1 aromatic rings.